The molecule has 0 saturated carbocycles. The van der Waals surface area contributed by atoms with Crippen molar-refractivity contribution in [1.82, 2.24) is 4.90 Å². The number of rotatable bonds is 6. The molecule has 1 N–H and O–H groups in total. The maximum absolute atomic E-state index is 12.7. The van der Waals surface area contributed by atoms with Gasteiger partial charge in [0, 0.05) is 12.1 Å². The number of aryl methyl sites for hydroxylation is 2. The smallest absolute Gasteiger partial charge is 0.254 e. The van der Waals surface area contributed by atoms with E-state index >= 15 is 0 Å². The molecule has 0 saturated heterocycles. The van der Waals surface area contributed by atoms with Gasteiger partial charge in [0.1, 0.15) is 12.3 Å². The molecule has 132 valence electrons. The van der Waals surface area contributed by atoms with Gasteiger partial charge in [0.15, 0.2) is 0 Å². The highest BCUT2D eigenvalue weighted by Gasteiger charge is 2.18. The number of nitrogens with zero attached hydrogens (tertiary/aromatic N) is 1. The number of nitrogens with one attached hydrogen (secondary N) is 1. The number of hydrogen-bond acceptors (Lipinski definition) is 3. The van der Waals surface area contributed by atoms with Crippen LogP contribution in [-0.2, 0) is 4.79 Å². The van der Waals surface area contributed by atoms with Gasteiger partial charge in [-0.3, -0.25) is 9.59 Å². The highest BCUT2D eigenvalue weighted by molar-refractivity contribution is 6.00. The van der Waals surface area contributed by atoms with Crippen LogP contribution in [0, 0.1) is 13.8 Å². The Kier molecular flexibility index (Phi) is 6.17. The Balaban J connectivity index is 2.09. The lowest BCUT2D eigenvalue weighted by Crippen LogP contribution is -2.38. The number of para-hydroxylation sites is 2. The average molecular weight is 340 g/mol. The molecule has 0 heterocycles. The van der Waals surface area contributed by atoms with E-state index in [-0.39, 0.29) is 18.4 Å². The Morgan fingerprint density at radius 2 is 1.80 bits per heavy atom. The predicted octanol–water partition coefficient (Wildman–Crippen LogP) is 3.41. The molecule has 0 aromatic heterocycles. The molecule has 0 bridgehead atoms. The number of methoxy groups -OCH3 is 1. The van der Waals surface area contributed by atoms with Crippen LogP contribution >= 0.6 is 0 Å². The van der Waals surface area contributed by atoms with Gasteiger partial charge in [0.2, 0.25) is 5.91 Å². The Morgan fingerprint density at radius 3 is 2.44 bits per heavy atom. The molecule has 2 aromatic rings. The van der Waals surface area contributed by atoms with Crippen molar-refractivity contribution in [2.45, 2.75) is 20.8 Å². The summed E-state index contributed by atoms with van der Waals surface area (Å²) in [5, 5.41) is 2.80. The Morgan fingerprint density at radius 1 is 1.08 bits per heavy atom. The second-order valence-electron chi connectivity index (χ2n) is 5.87. The Labute approximate surface area is 148 Å². The second-order valence-corrected chi connectivity index (χ2v) is 5.87. The molecule has 0 radical (unpaired) electrons. The predicted molar refractivity (Wildman–Crippen MR) is 99.1 cm³/mol. The molecule has 0 atom stereocenters. The van der Waals surface area contributed by atoms with E-state index in [1.165, 1.54) is 4.90 Å². The lowest BCUT2D eigenvalue weighted by molar-refractivity contribution is -0.116. The van der Waals surface area contributed by atoms with Gasteiger partial charge in [-0.1, -0.05) is 18.2 Å². The third kappa shape index (κ3) is 4.59. The fourth-order valence-corrected chi connectivity index (χ4v) is 2.50. The van der Waals surface area contributed by atoms with Crippen LogP contribution in [0.5, 0.6) is 5.75 Å². The molecule has 0 aliphatic rings. The highest BCUT2D eigenvalue weighted by atomic mass is 16.5. The van der Waals surface area contributed by atoms with E-state index in [1.54, 1.807) is 25.3 Å². The first-order valence-electron chi connectivity index (χ1n) is 8.25. The van der Waals surface area contributed by atoms with Crippen LogP contribution < -0.4 is 10.1 Å². The van der Waals surface area contributed by atoms with Crippen molar-refractivity contribution in [3.05, 3.63) is 59.2 Å². The lowest BCUT2D eigenvalue weighted by Gasteiger charge is -2.21. The van der Waals surface area contributed by atoms with Crippen molar-refractivity contribution in [3.8, 4) is 5.75 Å². The van der Waals surface area contributed by atoms with Crippen molar-refractivity contribution in [3.63, 3.8) is 0 Å². The SMILES string of the molecule is CCN(CC(=O)Nc1ccccc1OC)C(=O)c1ccc(C)c(C)c1. The number of likely N-dealkylation sites (N-methyl/N-ethyl adjacent to an activating group) is 1. The van der Waals surface area contributed by atoms with Crippen LogP contribution in [0.2, 0.25) is 0 Å². The standard InChI is InChI=1S/C20H24N2O3/c1-5-22(20(24)16-11-10-14(2)15(3)12-16)13-19(23)21-17-8-6-7-9-18(17)25-4/h6-12H,5,13H2,1-4H3,(H,21,23). The van der Waals surface area contributed by atoms with E-state index in [9.17, 15) is 9.59 Å². The fourth-order valence-electron chi connectivity index (χ4n) is 2.50. The van der Waals surface area contributed by atoms with E-state index < -0.39 is 0 Å². The first kappa shape index (κ1) is 18.5. The zero-order valence-corrected chi connectivity index (χ0v) is 15.1. The van der Waals surface area contributed by atoms with Crippen LogP contribution in [0.15, 0.2) is 42.5 Å². The molecule has 5 heteroatoms. The summed E-state index contributed by atoms with van der Waals surface area (Å²) in [7, 11) is 1.55. The van der Waals surface area contributed by atoms with Gasteiger partial charge >= 0.3 is 0 Å². The Hall–Kier alpha value is -2.82. The summed E-state index contributed by atoms with van der Waals surface area (Å²) < 4.78 is 5.22. The van der Waals surface area contributed by atoms with Crippen molar-refractivity contribution >= 4 is 17.5 Å². The molecule has 2 amide bonds. The average Bonchev–Trinajstić information content (AvgIpc) is 2.61. The summed E-state index contributed by atoms with van der Waals surface area (Å²) in [4.78, 5) is 26.5. The summed E-state index contributed by atoms with van der Waals surface area (Å²) in [6, 6.07) is 12.8. The second kappa shape index (κ2) is 8.33. The largest absolute Gasteiger partial charge is 0.495 e. The van der Waals surface area contributed by atoms with Crippen molar-refractivity contribution in [2.75, 3.05) is 25.5 Å². The van der Waals surface area contributed by atoms with Crippen LogP contribution in [0.1, 0.15) is 28.4 Å². The van der Waals surface area contributed by atoms with Crippen LogP contribution in [-0.4, -0.2) is 36.9 Å². The molecule has 0 aliphatic heterocycles. The summed E-state index contributed by atoms with van der Waals surface area (Å²) in [6.45, 7) is 6.26. The maximum atomic E-state index is 12.7. The molecular formula is C20H24N2O3. The van der Waals surface area contributed by atoms with E-state index in [1.807, 2.05) is 45.0 Å². The fraction of sp³-hybridized carbons (Fsp3) is 0.300. The third-order valence-electron chi connectivity index (χ3n) is 4.14. The van der Waals surface area contributed by atoms with Gasteiger partial charge in [0.25, 0.3) is 5.91 Å². The highest BCUT2D eigenvalue weighted by Crippen LogP contribution is 2.23. The molecule has 25 heavy (non-hydrogen) atoms. The minimum atomic E-state index is -0.261. The number of anilines is 1. The summed E-state index contributed by atoms with van der Waals surface area (Å²) in [6.07, 6.45) is 0. The minimum Gasteiger partial charge on any atom is -0.495 e. The first-order valence-corrected chi connectivity index (χ1v) is 8.25. The monoisotopic (exact) mass is 340 g/mol. The number of ether oxygens (including phenoxy) is 1. The molecule has 2 aromatic carbocycles. The lowest BCUT2D eigenvalue weighted by atomic mass is 10.1. The number of hydrogen-bond donors (Lipinski definition) is 1. The minimum absolute atomic E-state index is 0.0136. The molecule has 0 unspecified atom stereocenters. The molecule has 5 nitrogen and oxygen atoms in total. The first-order chi connectivity index (χ1) is 12.0. The quantitative estimate of drug-likeness (QED) is 0.877. The van der Waals surface area contributed by atoms with Crippen molar-refractivity contribution in [2.24, 2.45) is 0 Å². The zero-order valence-electron chi connectivity index (χ0n) is 15.1. The molecule has 0 spiro atoms. The van der Waals surface area contributed by atoms with E-state index in [0.717, 1.165) is 11.1 Å². The number of carbonyl (C=O) groups is 2. The normalized spacial score (nSPS) is 10.2. The molecular weight excluding hydrogens is 316 g/mol. The molecule has 0 fully saturated rings. The topological polar surface area (TPSA) is 58.6 Å². The van der Waals surface area contributed by atoms with Gasteiger partial charge in [-0.15, -0.1) is 0 Å². The van der Waals surface area contributed by atoms with Gasteiger partial charge in [-0.05, 0) is 56.2 Å². The van der Waals surface area contributed by atoms with Gasteiger partial charge in [0.05, 0.1) is 12.8 Å². The van der Waals surface area contributed by atoms with Crippen LogP contribution in [0.3, 0.4) is 0 Å². The van der Waals surface area contributed by atoms with Gasteiger partial charge < -0.3 is 15.0 Å². The van der Waals surface area contributed by atoms with Crippen molar-refractivity contribution < 1.29 is 14.3 Å². The van der Waals surface area contributed by atoms with E-state index in [2.05, 4.69) is 5.32 Å². The van der Waals surface area contributed by atoms with E-state index in [0.29, 0.717) is 23.5 Å². The van der Waals surface area contributed by atoms with Gasteiger partial charge in [-0.2, -0.15) is 0 Å². The maximum Gasteiger partial charge on any atom is 0.254 e. The molecule has 2 rings (SSSR count). The Bertz CT molecular complexity index is 771. The summed E-state index contributed by atoms with van der Waals surface area (Å²) in [5.41, 5.74) is 3.37. The molecule has 0 aliphatic carbocycles. The van der Waals surface area contributed by atoms with E-state index in [4.69, 9.17) is 4.74 Å². The number of carbonyl (C=O) groups excluding carboxylic acids is 2. The zero-order chi connectivity index (χ0) is 18.4. The third-order valence-corrected chi connectivity index (χ3v) is 4.14. The van der Waals surface area contributed by atoms with Crippen molar-refractivity contribution in [1.29, 1.82) is 0 Å². The summed E-state index contributed by atoms with van der Waals surface area (Å²) >= 11 is 0. The number of benzene rings is 2. The van der Waals surface area contributed by atoms with Crippen LogP contribution in [0.25, 0.3) is 0 Å². The number of amides is 2. The summed E-state index contributed by atoms with van der Waals surface area (Å²) in [5.74, 6) is 0.170. The van der Waals surface area contributed by atoms with Crippen LogP contribution in [0.4, 0.5) is 5.69 Å². The van der Waals surface area contributed by atoms with Gasteiger partial charge in [-0.25, -0.2) is 0 Å².